The topological polar surface area (TPSA) is 43.1 Å². The quantitative estimate of drug-likeness (QED) is 0.443. The van der Waals surface area contributed by atoms with Crippen molar-refractivity contribution in [3.05, 3.63) is 24.3 Å². The van der Waals surface area contributed by atoms with Crippen LogP contribution in [0.1, 0.15) is 13.3 Å². The number of carbonyl (C=O) groups excluding carboxylic acids is 1. The molecule has 1 amide bonds. The number of allylic oxidation sites excluding steroid dienone is 3. The van der Waals surface area contributed by atoms with Crippen LogP contribution in [0.5, 0.6) is 0 Å². The Hall–Kier alpha value is -1.05. The van der Waals surface area contributed by atoms with Crippen molar-refractivity contribution in [1.82, 2.24) is 0 Å². The fourth-order valence-corrected chi connectivity index (χ4v) is 0.365. The minimum Gasteiger partial charge on any atom is -0.366 e. The predicted molar refractivity (Wildman–Crippen MR) is 37.8 cm³/mol. The first-order valence-corrected chi connectivity index (χ1v) is 2.90. The third kappa shape index (κ3) is 6.95. The number of carbonyl (C=O) groups is 1. The van der Waals surface area contributed by atoms with E-state index in [4.69, 9.17) is 5.73 Å². The van der Waals surface area contributed by atoms with Gasteiger partial charge in [0.25, 0.3) is 0 Å². The standard InChI is InChI=1S/C7H11NO/c1-2-3-4-5-6-7(8)9/h3-6H,2H2,1H3,(H2,8,9)/b4-3?,6-5-. The smallest absolute Gasteiger partial charge is 0.241 e. The van der Waals surface area contributed by atoms with E-state index in [-0.39, 0.29) is 0 Å². The Morgan fingerprint density at radius 3 is 2.67 bits per heavy atom. The lowest BCUT2D eigenvalue weighted by Crippen LogP contribution is -2.04. The molecule has 50 valence electrons. The van der Waals surface area contributed by atoms with Crippen LogP contribution in [0.25, 0.3) is 0 Å². The molecular weight excluding hydrogens is 114 g/mol. The van der Waals surface area contributed by atoms with E-state index in [0.717, 1.165) is 6.42 Å². The van der Waals surface area contributed by atoms with Crippen molar-refractivity contribution in [2.24, 2.45) is 5.73 Å². The van der Waals surface area contributed by atoms with E-state index in [1.54, 1.807) is 12.2 Å². The van der Waals surface area contributed by atoms with Crippen LogP contribution in [0, 0.1) is 0 Å². The second kappa shape index (κ2) is 5.09. The molecule has 0 bridgehead atoms. The van der Waals surface area contributed by atoms with E-state index in [0.29, 0.717) is 0 Å². The van der Waals surface area contributed by atoms with Crippen molar-refractivity contribution >= 4 is 5.91 Å². The second-order valence-corrected chi connectivity index (χ2v) is 1.60. The molecule has 0 saturated carbocycles. The largest absolute Gasteiger partial charge is 0.366 e. The van der Waals surface area contributed by atoms with Crippen LogP contribution in [-0.4, -0.2) is 5.91 Å². The fourth-order valence-electron chi connectivity index (χ4n) is 0.365. The monoisotopic (exact) mass is 125 g/mol. The van der Waals surface area contributed by atoms with Gasteiger partial charge in [0.1, 0.15) is 0 Å². The molecule has 0 spiro atoms. The summed E-state index contributed by atoms with van der Waals surface area (Å²) in [5.41, 5.74) is 4.82. The number of primary amides is 1. The first kappa shape index (κ1) is 7.95. The lowest BCUT2D eigenvalue weighted by molar-refractivity contribution is -0.113. The summed E-state index contributed by atoms with van der Waals surface area (Å²) in [6.07, 6.45) is 7.67. The third-order valence-electron chi connectivity index (χ3n) is 0.743. The predicted octanol–water partition coefficient (Wildman–Crippen LogP) is 0.994. The fraction of sp³-hybridized carbons (Fsp3) is 0.286. The van der Waals surface area contributed by atoms with E-state index in [2.05, 4.69) is 0 Å². The Morgan fingerprint density at radius 2 is 2.22 bits per heavy atom. The minimum atomic E-state index is -0.407. The van der Waals surface area contributed by atoms with Crippen LogP contribution in [0.15, 0.2) is 24.3 Å². The van der Waals surface area contributed by atoms with Crippen LogP contribution in [0.4, 0.5) is 0 Å². The van der Waals surface area contributed by atoms with Crippen molar-refractivity contribution in [3.63, 3.8) is 0 Å². The van der Waals surface area contributed by atoms with Crippen molar-refractivity contribution in [2.45, 2.75) is 13.3 Å². The average molecular weight is 125 g/mol. The number of amides is 1. The van der Waals surface area contributed by atoms with Gasteiger partial charge >= 0.3 is 0 Å². The Labute approximate surface area is 55.1 Å². The zero-order valence-corrected chi connectivity index (χ0v) is 5.50. The third-order valence-corrected chi connectivity index (χ3v) is 0.743. The first-order chi connectivity index (χ1) is 4.27. The highest BCUT2D eigenvalue weighted by atomic mass is 16.1. The maximum absolute atomic E-state index is 10.1. The van der Waals surface area contributed by atoms with Crippen LogP contribution in [0.3, 0.4) is 0 Å². The molecule has 0 fully saturated rings. The number of nitrogens with two attached hydrogens (primary N) is 1. The Balaban J connectivity index is 3.47. The Kier molecular flexibility index (Phi) is 4.50. The summed E-state index contributed by atoms with van der Waals surface area (Å²) in [6.45, 7) is 2.02. The van der Waals surface area contributed by atoms with Crippen LogP contribution in [-0.2, 0) is 4.79 Å². The molecule has 0 heterocycles. The molecule has 0 rings (SSSR count). The molecule has 0 unspecified atom stereocenters. The van der Waals surface area contributed by atoms with Gasteiger partial charge in [0.2, 0.25) is 5.91 Å². The molecule has 2 nitrogen and oxygen atoms in total. The van der Waals surface area contributed by atoms with Gasteiger partial charge in [-0.05, 0) is 6.42 Å². The number of hydrogen-bond donors (Lipinski definition) is 1. The van der Waals surface area contributed by atoms with Gasteiger partial charge in [-0.25, -0.2) is 0 Å². The molecule has 2 heteroatoms. The molecule has 0 aliphatic heterocycles. The molecule has 0 aliphatic rings. The van der Waals surface area contributed by atoms with E-state index >= 15 is 0 Å². The number of rotatable bonds is 3. The average Bonchev–Trinajstić information content (AvgIpc) is 1.80. The van der Waals surface area contributed by atoms with E-state index in [1.807, 2.05) is 13.0 Å². The van der Waals surface area contributed by atoms with Gasteiger partial charge in [-0.2, -0.15) is 0 Å². The SMILES string of the molecule is CCC=C/C=C\C(N)=O. The van der Waals surface area contributed by atoms with Gasteiger partial charge in [0.15, 0.2) is 0 Å². The molecule has 0 radical (unpaired) electrons. The molecule has 9 heavy (non-hydrogen) atoms. The van der Waals surface area contributed by atoms with E-state index in [1.165, 1.54) is 6.08 Å². The maximum atomic E-state index is 10.1. The summed E-state index contributed by atoms with van der Waals surface area (Å²) < 4.78 is 0. The van der Waals surface area contributed by atoms with E-state index < -0.39 is 5.91 Å². The molecular formula is C7H11NO. The normalized spacial score (nSPS) is 11.2. The highest BCUT2D eigenvalue weighted by Gasteiger charge is 1.75. The molecule has 0 aromatic heterocycles. The van der Waals surface area contributed by atoms with Crippen LogP contribution < -0.4 is 5.73 Å². The Bertz CT molecular complexity index is 136. The number of hydrogen-bond acceptors (Lipinski definition) is 1. The molecule has 0 aromatic rings. The van der Waals surface area contributed by atoms with Gasteiger partial charge in [-0.3, -0.25) is 4.79 Å². The lowest BCUT2D eigenvalue weighted by atomic mass is 10.4. The van der Waals surface area contributed by atoms with Gasteiger partial charge in [-0.1, -0.05) is 25.2 Å². The molecule has 0 saturated heterocycles. The summed E-state index contributed by atoms with van der Waals surface area (Å²) in [7, 11) is 0. The van der Waals surface area contributed by atoms with Gasteiger partial charge in [-0.15, -0.1) is 0 Å². The van der Waals surface area contributed by atoms with Crippen molar-refractivity contribution in [2.75, 3.05) is 0 Å². The minimum absolute atomic E-state index is 0.407. The molecule has 0 aliphatic carbocycles. The molecule has 2 N–H and O–H groups in total. The highest BCUT2D eigenvalue weighted by Crippen LogP contribution is 1.80. The molecule has 0 aromatic carbocycles. The van der Waals surface area contributed by atoms with Crippen molar-refractivity contribution in [3.8, 4) is 0 Å². The molecule has 0 atom stereocenters. The van der Waals surface area contributed by atoms with Gasteiger partial charge < -0.3 is 5.73 Å². The maximum Gasteiger partial charge on any atom is 0.241 e. The summed E-state index contributed by atoms with van der Waals surface area (Å²) in [5.74, 6) is -0.407. The highest BCUT2D eigenvalue weighted by molar-refractivity contribution is 5.85. The van der Waals surface area contributed by atoms with Crippen LogP contribution >= 0.6 is 0 Å². The second-order valence-electron chi connectivity index (χ2n) is 1.60. The first-order valence-electron chi connectivity index (χ1n) is 2.90. The Morgan fingerprint density at radius 1 is 1.56 bits per heavy atom. The van der Waals surface area contributed by atoms with Gasteiger partial charge in [0, 0.05) is 6.08 Å². The van der Waals surface area contributed by atoms with E-state index in [9.17, 15) is 4.79 Å². The van der Waals surface area contributed by atoms with Crippen molar-refractivity contribution in [1.29, 1.82) is 0 Å². The zero-order chi connectivity index (χ0) is 7.11. The summed E-state index contributed by atoms with van der Waals surface area (Å²) in [5, 5.41) is 0. The van der Waals surface area contributed by atoms with Crippen molar-refractivity contribution < 1.29 is 4.79 Å². The summed E-state index contributed by atoms with van der Waals surface area (Å²) in [4.78, 5) is 10.1. The lowest BCUT2D eigenvalue weighted by Gasteiger charge is -1.75. The summed E-state index contributed by atoms with van der Waals surface area (Å²) >= 11 is 0. The van der Waals surface area contributed by atoms with Gasteiger partial charge in [0.05, 0.1) is 0 Å². The summed E-state index contributed by atoms with van der Waals surface area (Å²) in [6, 6.07) is 0. The zero-order valence-electron chi connectivity index (χ0n) is 5.50. The van der Waals surface area contributed by atoms with Crippen LogP contribution in [0.2, 0.25) is 0 Å².